The van der Waals surface area contributed by atoms with Gasteiger partial charge in [0.15, 0.2) is 0 Å². The summed E-state index contributed by atoms with van der Waals surface area (Å²) in [6, 6.07) is 2.83. The van der Waals surface area contributed by atoms with Crippen molar-refractivity contribution in [2.24, 2.45) is 0 Å². The summed E-state index contributed by atoms with van der Waals surface area (Å²) in [4.78, 5) is 22.0. The number of rotatable bonds is 6. The van der Waals surface area contributed by atoms with Crippen LogP contribution in [0.25, 0.3) is 0 Å². The van der Waals surface area contributed by atoms with E-state index in [4.69, 9.17) is 10.5 Å². The molecule has 0 saturated heterocycles. The number of carboxylic acids is 1. The van der Waals surface area contributed by atoms with Gasteiger partial charge in [-0.25, -0.2) is 4.79 Å². The molecule has 7 heteroatoms. The molecule has 19 heavy (non-hydrogen) atoms. The lowest BCUT2D eigenvalue weighted by molar-refractivity contribution is -0.304. The van der Waals surface area contributed by atoms with Gasteiger partial charge >= 0.3 is 5.56 Å². The van der Waals surface area contributed by atoms with E-state index in [2.05, 4.69) is 0 Å². The second-order valence-corrected chi connectivity index (χ2v) is 4.16. The van der Waals surface area contributed by atoms with Gasteiger partial charge in [-0.2, -0.15) is 4.57 Å². The molecule has 104 valence electrons. The SMILES string of the molecule is [NH2+]=C(CC(=O)[O-])n1cc(CCC(O)CO)ccc1=O. The Balaban J connectivity index is 2.85. The van der Waals surface area contributed by atoms with Gasteiger partial charge in [0, 0.05) is 6.07 Å². The van der Waals surface area contributed by atoms with Gasteiger partial charge in [-0.15, -0.1) is 0 Å². The number of nitrogens with zero attached hydrogens (tertiary/aromatic N) is 1. The van der Waals surface area contributed by atoms with E-state index in [1.54, 1.807) is 6.07 Å². The van der Waals surface area contributed by atoms with Crippen LogP contribution in [0.1, 0.15) is 18.4 Å². The highest BCUT2D eigenvalue weighted by atomic mass is 16.4. The van der Waals surface area contributed by atoms with Crippen molar-refractivity contribution in [3.8, 4) is 0 Å². The monoisotopic (exact) mass is 268 g/mol. The molecule has 1 aromatic heterocycles. The first-order valence-electron chi connectivity index (χ1n) is 5.76. The van der Waals surface area contributed by atoms with Crippen molar-refractivity contribution >= 4 is 11.8 Å². The van der Waals surface area contributed by atoms with Gasteiger partial charge < -0.3 is 20.1 Å². The molecule has 0 bridgehead atoms. The van der Waals surface area contributed by atoms with E-state index in [-0.39, 0.29) is 12.4 Å². The summed E-state index contributed by atoms with van der Waals surface area (Å²) in [5.41, 5.74) is 0.263. The maximum Gasteiger partial charge on any atom is 0.338 e. The molecule has 1 rings (SSSR count). The van der Waals surface area contributed by atoms with E-state index in [1.807, 2.05) is 0 Å². The maximum absolute atomic E-state index is 11.5. The Bertz CT molecular complexity index is 523. The number of aliphatic hydroxyl groups excluding tert-OH is 2. The van der Waals surface area contributed by atoms with E-state index in [0.29, 0.717) is 18.4 Å². The standard InChI is InChI=1S/C12H16N2O5/c13-10(5-12(18)19)14-6-8(2-4-11(14)17)1-3-9(16)7-15/h2,4,6,9,13,15-16H,1,3,5,7H2,(H,18,19). The molecular weight excluding hydrogens is 252 g/mol. The van der Waals surface area contributed by atoms with E-state index in [0.717, 1.165) is 4.57 Å². The zero-order chi connectivity index (χ0) is 14.4. The highest BCUT2D eigenvalue weighted by molar-refractivity contribution is 5.93. The minimum atomic E-state index is -1.37. The van der Waals surface area contributed by atoms with Crippen LogP contribution in [0.4, 0.5) is 0 Å². The van der Waals surface area contributed by atoms with Gasteiger partial charge in [0.2, 0.25) is 0 Å². The van der Waals surface area contributed by atoms with Crippen LogP contribution in [0.2, 0.25) is 0 Å². The summed E-state index contributed by atoms with van der Waals surface area (Å²) in [5, 5.41) is 33.9. The van der Waals surface area contributed by atoms with Gasteiger partial charge in [0.05, 0.1) is 25.1 Å². The van der Waals surface area contributed by atoms with E-state index in [1.165, 1.54) is 12.3 Å². The number of nitrogens with two attached hydrogens (primary N) is 1. The predicted octanol–water partition coefficient (Wildman–Crippen LogP) is -3.72. The summed E-state index contributed by atoms with van der Waals surface area (Å²) in [5.74, 6) is -1.50. The van der Waals surface area contributed by atoms with E-state index >= 15 is 0 Å². The molecule has 1 unspecified atom stereocenters. The normalized spacial score (nSPS) is 12.1. The zero-order valence-electron chi connectivity index (χ0n) is 10.3. The number of aliphatic hydroxyl groups is 2. The average Bonchev–Trinajstić information content (AvgIpc) is 2.36. The van der Waals surface area contributed by atoms with Crippen molar-refractivity contribution in [2.75, 3.05) is 6.61 Å². The summed E-state index contributed by atoms with van der Waals surface area (Å²) < 4.78 is 1.04. The van der Waals surface area contributed by atoms with E-state index < -0.39 is 24.1 Å². The van der Waals surface area contributed by atoms with Crippen molar-refractivity contribution in [2.45, 2.75) is 25.4 Å². The zero-order valence-corrected chi connectivity index (χ0v) is 10.3. The van der Waals surface area contributed by atoms with Crippen LogP contribution in [0.3, 0.4) is 0 Å². The molecule has 0 saturated carbocycles. The van der Waals surface area contributed by atoms with Gasteiger partial charge in [-0.05, 0) is 24.5 Å². The first-order valence-corrected chi connectivity index (χ1v) is 5.76. The number of hydrogen-bond donors (Lipinski definition) is 3. The van der Waals surface area contributed by atoms with Gasteiger partial charge in [-0.3, -0.25) is 5.41 Å². The molecule has 0 fully saturated rings. The van der Waals surface area contributed by atoms with Crippen LogP contribution >= 0.6 is 0 Å². The van der Waals surface area contributed by atoms with Crippen molar-refractivity contribution < 1.29 is 25.5 Å². The third-order valence-corrected chi connectivity index (χ3v) is 2.58. The Morgan fingerprint density at radius 2 is 2.16 bits per heavy atom. The van der Waals surface area contributed by atoms with Crippen LogP contribution in [-0.2, 0) is 11.2 Å². The van der Waals surface area contributed by atoms with Crippen LogP contribution in [0.5, 0.6) is 0 Å². The van der Waals surface area contributed by atoms with Crippen molar-refractivity contribution in [1.82, 2.24) is 4.57 Å². The fraction of sp³-hybridized carbons (Fsp3) is 0.417. The number of aromatic nitrogens is 1. The quantitative estimate of drug-likeness (QED) is 0.361. The second kappa shape index (κ2) is 6.81. The Labute approximate surface area is 109 Å². The summed E-state index contributed by atoms with van der Waals surface area (Å²) >= 11 is 0. The van der Waals surface area contributed by atoms with Crippen LogP contribution in [0.15, 0.2) is 23.1 Å². The van der Waals surface area contributed by atoms with Gasteiger partial charge in [0.25, 0.3) is 5.84 Å². The highest BCUT2D eigenvalue weighted by Gasteiger charge is 2.13. The summed E-state index contributed by atoms with van der Waals surface area (Å²) in [7, 11) is 0. The lowest BCUT2D eigenvalue weighted by Crippen LogP contribution is -2.50. The number of aliphatic carboxylic acids is 1. The molecule has 1 heterocycles. The Hall–Kier alpha value is -1.99. The fourth-order valence-corrected chi connectivity index (χ4v) is 1.56. The van der Waals surface area contributed by atoms with Gasteiger partial charge in [0.1, 0.15) is 6.20 Å². The molecule has 0 aliphatic heterocycles. The molecule has 0 aromatic carbocycles. The number of carboxylic acid groups (broad SMARTS) is 1. The fourth-order valence-electron chi connectivity index (χ4n) is 1.56. The first kappa shape index (κ1) is 15.1. The molecule has 7 nitrogen and oxygen atoms in total. The molecule has 1 atom stereocenters. The minimum Gasteiger partial charge on any atom is -0.549 e. The Kier molecular flexibility index (Phi) is 5.40. The predicted molar refractivity (Wildman–Crippen MR) is 64.1 cm³/mol. The number of pyridine rings is 1. The number of hydrogen-bond acceptors (Lipinski definition) is 5. The minimum absolute atomic E-state index is 0.130. The lowest BCUT2D eigenvalue weighted by atomic mass is 10.1. The van der Waals surface area contributed by atoms with Crippen molar-refractivity contribution in [1.29, 1.82) is 0 Å². The van der Waals surface area contributed by atoms with Gasteiger partial charge in [-0.1, -0.05) is 0 Å². The first-order chi connectivity index (χ1) is 8.93. The Morgan fingerprint density at radius 3 is 2.74 bits per heavy atom. The van der Waals surface area contributed by atoms with Crippen molar-refractivity contribution in [3.05, 3.63) is 34.2 Å². The maximum atomic E-state index is 11.5. The Morgan fingerprint density at radius 1 is 1.47 bits per heavy atom. The average molecular weight is 268 g/mol. The van der Waals surface area contributed by atoms with Crippen molar-refractivity contribution in [3.63, 3.8) is 0 Å². The van der Waals surface area contributed by atoms with Crippen LogP contribution < -0.4 is 16.1 Å². The second-order valence-electron chi connectivity index (χ2n) is 4.16. The largest absolute Gasteiger partial charge is 0.549 e. The smallest absolute Gasteiger partial charge is 0.338 e. The molecule has 4 N–H and O–H groups in total. The molecule has 0 spiro atoms. The number of carbonyl (C=O) groups is 1. The summed E-state index contributed by atoms with van der Waals surface area (Å²) in [6.45, 7) is -0.335. The third-order valence-electron chi connectivity index (χ3n) is 2.58. The molecule has 0 amide bonds. The lowest BCUT2D eigenvalue weighted by Gasteiger charge is -2.07. The molecule has 1 aromatic rings. The number of carbonyl (C=O) groups excluding carboxylic acids is 1. The molecule has 0 aliphatic carbocycles. The van der Waals surface area contributed by atoms with E-state index in [9.17, 15) is 19.8 Å². The molecule has 0 aliphatic rings. The summed E-state index contributed by atoms with van der Waals surface area (Å²) in [6.07, 6.45) is 0.813. The molecular formula is C12H16N2O5. The van der Waals surface area contributed by atoms with Crippen LogP contribution in [0, 0.1) is 0 Å². The highest BCUT2D eigenvalue weighted by Crippen LogP contribution is 2.03. The molecule has 0 radical (unpaired) electrons. The third kappa shape index (κ3) is 4.65. The van der Waals surface area contributed by atoms with Crippen LogP contribution in [-0.4, -0.2) is 39.3 Å². The topological polar surface area (TPSA) is 128 Å². The number of aryl methyl sites for hydroxylation is 1.